The van der Waals surface area contributed by atoms with Crippen LogP contribution in [0, 0.1) is 5.82 Å². The number of benzene rings is 2. The lowest BCUT2D eigenvalue weighted by atomic mass is 10.0. The van der Waals surface area contributed by atoms with E-state index in [4.69, 9.17) is 0 Å². The molecule has 0 aliphatic heterocycles. The predicted molar refractivity (Wildman–Crippen MR) is 74.9 cm³/mol. The molecule has 1 N–H and O–H groups in total. The molecule has 2 nitrogen and oxygen atoms in total. The molecular weight excluding hydrogens is 241 g/mol. The lowest BCUT2D eigenvalue weighted by Gasteiger charge is -2.08. The third-order valence-electron chi connectivity index (χ3n) is 2.96. The summed E-state index contributed by atoms with van der Waals surface area (Å²) in [5, 5.41) is 2.56. The molecule has 19 heavy (non-hydrogen) atoms. The van der Waals surface area contributed by atoms with Crippen LogP contribution in [-0.4, -0.2) is 5.91 Å². The number of halogens is 1. The van der Waals surface area contributed by atoms with E-state index in [9.17, 15) is 9.18 Å². The van der Waals surface area contributed by atoms with Gasteiger partial charge in [-0.15, -0.1) is 0 Å². The summed E-state index contributed by atoms with van der Waals surface area (Å²) >= 11 is 0. The second-order valence-electron chi connectivity index (χ2n) is 4.71. The number of hydrogen-bond donors (Lipinski definition) is 1. The number of nitrogens with one attached hydrogen (secondary N) is 1. The zero-order valence-corrected chi connectivity index (χ0v) is 11.0. The Kier molecular flexibility index (Phi) is 3.95. The highest BCUT2D eigenvalue weighted by atomic mass is 19.1. The molecule has 0 saturated heterocycles. The first kappa shape index (κ1) is 13.3. The molecule has 0 bridgehead atoms. The molecule has 0 aromatic heterocycles. The van der Waals surface area contributed by atoms with Gasteiger partial charge < -0.3 is 5.32 Å². The number of amides is 1. The summed E-state index contributed by atoms with van der Waals surface area (Å²) in [5.74, 6) is -0.321. The monoisotopic (exact) mass is 257 g/mol. The van der Waals surface area contributed by atoms with Crippen LogP contribution in [0.5, 0.6) is 0 Å². The van der Waals surface area contributed by atoms with Crippen molar-refractivity contribution < 1.29 is 9.18 Å². The van der Waals surface area contributed by atoms with Gasteiger partial charge in [0.05, 0.1) is 5.69 Å². The molecule has 0 heterocycles. The molecule has 0 atom stereocenters. The third kappa shape index (κ3) is 3.19. The maximum Gasteiger partial charge on any atom is 0.255 e. The van der Waals surface area contributed by atoms with Crippen molar-refractivity contribution in [1.82, 2.24) is 0 Å². The number of rotatable bonds is 3. The van der Waals surface area contributed by atoms with Gasteiger partial charge in [0.15, 0.2) is 0 Å². The van der Waals surface area contributed by atoms with Gasteiger partial charge in [0, 0.05) is 5.56 Å². The molecule has 98 valence electrons. The van der Waals surface area contributed by atoms with Crippen molar-refractivity contribution in [2.24, 2.45) is 0 Å². The van der Waals surface area contributed by atoms with Gasteiger partial charge in [0.1, 0.15) is 5.82 Å². The molecular formula is C16H16FNO. The van der Waals surface area contributed by atoms with Gasteiger partial charge in [-0.25, -0.2) is 4.39 Å². The van der Waals surface area contributed by atoms with Gasteiger partial charge in [-0.1, -0.05) is 38.1 Å². The maximum atomic E-state index is 13.4. The molecule has 2 rings (SSSR count). The smallest absolute Gasteiger partial charge is 0.255 e. The molecule has 0 fully saturated rings. The summed E-state index contributed by atoms with van der Waals surface area (Å²) in [4.78, 5) is 12.0. The van der Waals surface area contributed by atoms with E-state index in [1.165, 1.54) is 17.7 Å². The van der Waals surface area contributed by atoms with Crippen molar-refractivity contribution >= 4 is 11.6 Å². The fraction of sp³-hybridized carbons (Fsp3) is 0.188. The average Bonchev–Trinajstić information content (AvgIpc) is 2.41. The summed E-state index contributed by atoms with van der Waals surface area (Å²) in [7, 11) is 0. The van der Waals surface area contributed by atoms with Crippen LogP contribution in [-0.2, 0) is 0 Å². The van der Waals surface area contributed by atoms with E-state index in [-0.39, 0.29) is 11.6 Å². The van der Waals surface area contributed by atoms with Crippen LogP contribution >= 0.6 is 0 Å². The Balaban J connectivity index is 2.14. The van der Waals surface area contributed by atoms with Crippen molar-refractivity contribution in [3.05, 3.63) is 65.5 Å². The van der Waals surface area contributed by atoms with E-state index >= 15 is 0 Å². The summed E-state index contributed by atoms with van der Waals surface area (Å²) in [6.07, 6.45) is 0. The molecule has 0 unspecified atom stereocenters. The summed E-state index contributed by atoms with van der Waals surface area (Å²) in [6, 6.07) is 13.5. The minimum atomic E-state index is -0.436. The van der Waals surface area contributed by atoms with Crippen LogP contribution in [0.2, 0.25) is 0 Å². The highest BCUT2D eigenvalue weighted by Crippen LogP contribution is 2.17. The van der Waals surface area contributed by atoms with Gasteiger partial charge in [-0.05, 0) is 35.7 Å². The Bertz CT molecular complexity index is 576. The van der Waals surface area contributed by atoms with Gasteiger partial charge in [-0.3, -0.25) is 4.79 Å². The van der Waals surface area contributed by atoms with E-state index < -0.39 is 5.82 Å². The van der Waals surface area contributed by atoms with Gasteiger partial charge in [0.2, 0.25) is 0 Å². The first-order valence-electron chi connectivity index (χ1n) is 6.24. The summed E-state index contributed by atoms with van der Waals surface area (Å²) in [5.41, 5.74) is 1.88. The summed E-state index contributed by atoms with van der Waals surface area (Å²) < 4.78 is 13.4. The van der Waals surface area contributed by atoms with E-state index in [1.807, 2.05) is 12.1 Å². The van der Waals surface area contributed by atoms with Gasteiger partial charge in [-0.2, -0.15) is 0 Å². The van der Waals surface area contributed by atoms with Gasteiger partial charge in [0.25, 0.3) is 5.91 Å². The van der Waals surface area contributed by atoms with Crippen LogP contribution in [0.4, 0.5) is 10.1 Å². The van der Waals surface area contributed by atoms with E-state index in [0.29, 0.717) is 11.5 Å². The zero-order valence-electron chi connectivity index (χ0n) is 11.0. The van der Waals surface area contributed by atoms with E-state index in [1.54, 1.807) is 24.3 Å². The molecule has 1 amide bonds. The Hall–Kier alpha value is -2.16. The fourth-order valence-electron chi connectivity index (χ4n) is 1.78. The first-order valence-corrected chi connectivity index (χ1v) is 6.24. The minimum absolute atomic E-state index is 0.195. The quantitative estimate of drug-likeness (QED) is 0.877. The molecule has 0 saturated carbocycles. The first-order chi connectivity index (χ1) is 9.08. The second-order valence-corrected chi connectivity index (χ2v) is 4.71. The molecule has 2 aromatic carbocycles. The molecule has 0 radical (unpaired) electrons. The normalized spacial score (nSPS) is 10.5. The highest BCUT2D eigenvalue weighted by Gasteiger charge is 2.09. The number of anilines is 1. The largest absolute Gasteiger partial charge is 0.319 e. The van der Waals surface area contributed by atoms with Crippen molar-refractivity contribution in [1.29, 1.82) is 0 Å². The molecule has 0 aliphatic carbocycles. The van der Waals surface area contributed by atoms with Crippen molar-refractivity contribution in [2.75, 3.05) is 5.32 Å². The number of hydrogen-bond acceptors (Lipinski definition) is 1. The average molecular weight is 257 g/mol. The Morgan fingerprint density at radius 2 is 1.68 bits per heavy atom. The van der Waals surface area contributed by atoms with Crippen molar-refractivity contribution in [2.45, 2.75) is 19.8 Å². The predicted octanol–water partition coefficient (Wildman–Crippen LogP) is 4.20. The molecule has 0 spiro atoms. The van der Waals surface area contributed by atoms with Crippen LogP contribution in [0.1, 0.15) is 35.7 Å². The number of carbonyl (C=O) groups is 1. The van der Waals surface area contributed by atoms with Crippen molar-refractivity contribution in [3.63, 3.8) is 0 Å². The highest BCUT2D eigenvalue weighted by molar-refractivity contribution is 6.04. The zero-order chi connectivity index (χ0) is 13.8. The van der Waals surface area contributed by atoms with E-state index in [2.05, 4.69) is 19.2 Å². The standard InChI is InChI=1S/C16H16FNO/c1-11(2)12-7-9-13(10-8-12)16(19)18-15-6-4-3-5-14(15)17/h3-11H,1-2H3,(H,18,19). The Morgan fingerprint density at radius 1 is 1.05 bits per heavy atom. The van der Waals surface area contributed by atoms with Gasteiger partial charge >= 0.3 is 0 Å². The molecule has 2 aromatic rings. The van der Waals surface area contributed by atoms with E-state index in [0.717, 1.165) is 0 Å². The van der Waals surface area contributed by atoms with Crippen LogP contribution in [0.3, 0.4) is 0 Å². The number of para-hydroxylation sites is 1. The summed E-state index contributed by atoms with van der Waals surface area (Å²) in [6.45, 7) is 4.18. The Morgan fingerprint density at radius 3 is 2.26 bits per heavy atom. The van der Waals surface area contributed by atoms with Crippen LogP contribution in [0.25, 0.3) is 0 Å². The molecule has 0 aliphatic rings. The maximum absolute atomic E-state index is 13.4. The second kappa shape index (κ2) is 5.65. The lowest BCUT2D eigenvalue weighted by molar-refractivity contribution is 0.102. The Labute approximate surface area is 112 Å². The van der Waals surface area contributed by atoms with Crippen molar-refractivity contribution in [3.8, 4) is 0 Å². The van der Waals surface area contributed by atoms with Crippen LogP contribution in [0.15, 0.2) is 48.5 Å². The third-order valence-corrected chi connectivity index (χ3v) is 2.96. The fourth-order valence-corrected chi connectivity index (χ4v) is 1.78. The number of carbonyl (C=O) groups excluding carboxylic acids is 1. The molecule has 3 heteroatoms. The minimum Gasteiger partial charge on any atom is -0.319 e. The SMILES string of the molecule is CC(C)c1ccc(C(=O)Nc2ccccc2F)cc1. The topological polar surface area (TPSA) is 29.1 Å². The lowest BCUT2D eigenvalue weighted by Crippen LogP contribution is -2.12. The van der Waals surface area contributed by atoms with Crippen LogP contribution < -0.4 is 5.32 Å².